The average molecular weight is 231 g/mol. The molecule has 2 nitrogen and oxygen atoms in total. The normalized spacial score (nSPS) is 10.7. The minimum Gasteiger partial charge on any atom is -0.358 e. The van der Waals surface area contributed by atoms with Crippen molar-refractivity contribution in [2.24, 2.45) is 0 Å². The van der Waals surface area contributed by atoms with Gasteiger partial charge in [0.15, 0.2) is 0 Å². The van der Waals surface area contributed by atoms with Crippen molar-refractivity contribution in [2.45, 2.75) is 0 Å². The van der Waals surface area contributed by atoms with Crippen molar-refractivity contribution in [3.8, 4) is 0 Å². The number of pyridine rings is 1. The van der Waals surface area contributed by atoms with Crippen LogP contribution in [-0.4, -0.2) is 9.97 Å². The van der Waals surface area contributed by atoms with Crippen LogP contribution in [0.15, 0.2) is 22.9 Å². The molecular formula is C7H4BrClN2. The van der Waals surface area contributed by atoms with E-state index in [1.807, 2.05) is 6.20 Å². The summed E-state index contributed by atoms with van der Waals surface area (Å²) in [5.74, 6) is 0. The molecule has 2 aromatic rings. The third-order valence-electron chi connectivity index (χ3n) is 1.47. The molecule has 0 radical (unpaired) electrons. The predicted molar refractivity (Wildman–Crippen MR) is 48.8 cm³/mol. The Morgan fingerprint density at radius 2 is 2.36 bits per heavy atom. The van der Waals surface area contributed by atoms with E-state index in [2.05, 4.69) is 25.9 Å². The SMILES string of the molecule is Clc1ccnc2c(Br)c[nH]c12. The first-order valence-corrected chi connectivity index (χ1v) is 4.23. The maximum Gasteiger partial charge on any atom is 0.104 e. The smallest absolute Gasteiger partial charge is 0.104 e. The number of H-pyrrole nitrogens is 1. The van der Waals surface area contributed by atoms with Gasteiger partial charge in [-0.3, -0.25) is 4.98 Å². The van der Waals surface area contributed by atoms with Crippen molar-refractivity contribution >= 4 is 38.6 Å². The summed E-state index contributed by atoms with van der Waals surface area (Å²) in [6.07, 6.45) is 3.51. The highest BCUT2D eigenvalue weighted by molar-refractivity contribution is 9.10. The van der Waals surface area contributed by atoms with E-state index in [0.29, 0.717) is 5.02 Å². The van der Waals surface area contributed by atoms with E-state index in [0.717, 1.165) is 15.5 Å². The molecule has 1 N–H and O–H groups in total. The fourth-order valence-electron chi connectivity index (χ4n) is 0.961. The van der Waals surface area contributed by atoms with Crippen LogP contribution in [0.5, 0.6) is 0 Å². The van der Waals surface area contributed by atoms with Crippen molar-refractivity contribution in [3.05, 3.63) is 28.0 Å². The molecule has 0 saturated heterocycles. The Balaban J connectivity index is 2.94. The van der Waals surface area contributed by atoms with Crippen molar-refractivity contribution in [1.82, 2.24) is 9.97 Å². The van der Waals surface area contributed by atoms with Crippen molar-refractivity contribution < 1.29 is 0 Å². The van der Waals surface area contributed by atoms with Crippen molar-refractivity contribution in [1.29, 1.82) is 0 Å². The van der Waals surface area contributed by atoms with Gasteiger partial charge in [0, 0.05) is 12.4 Å². The molecular weight excluding hydrogens is 227 g/mol. The fourth-order valence-corrected chi connectivity index (χ4v) is 1.58. The summed E-state index contributed by atoms with van der Waals surface area (Å²) in [6, 6.07) is 1.76. The Morgan fingerprint density at radius 1 is 1.55 bits per heavy atom. The largest absolute Gasteiger partial charge is 0.358 e. The lowest BCUT2D eigenvalue weighted by Gasteiger charge is -1.90. The van der Waals surface area contributed by atoms with E-state index in [4.69, 9.17) is 11.6 Å². The van der Waals surface area contributed by atoms with Crippen LogP contribution in [0, 0.1) is 0 Å². The summed E-state index contributed by atoms with van der Waals surface area (Å²) in [4.78, 5) is 7.15. The standard InChI is InChI=1S/C7H4BrClN2/c8-4-3-11-7-5(9)1-2-10-6(4)7/h1-3,11H. The van der Waals surface area contributed by atoms with Crippen LogP contribution >= 0.6 is 27.5 Å². The number of fused-ring (bicyclic) bond motifs is 1. The summed E-state index contributed by atoms with van der Waals surface area (Å²) in [6.45, 7) is 0. The van der Waals surface area contributed by atoms with Gasteiger partial charge >= 0.3 is 0 Å². The molecule has 0 bridgehead atoms. The molecule has 0 fully saturated rings. The van der Waals surface area contributed by atoms with Crippen LogP contribution in [-0.2, 0) is 0 Å². The second kappa shape index (κ2) is 2.50. The zero-order valence-corrected chi connectivity index (χ0v) is 7.78. The van der Waals surface area contributed by atoms with Crippen molar-refractivity contribution in [3.63, 3.8) is 0 Å². The molecule has 0 aliphatic heterocycles. The van der Waals surface area contributed by atoms with E-state index in [9.17, 15) is 0 Å². The Morgan fingerprint density at radius 3 is 3.09 bits per heavy atom. The van der Waals surface area contributed by atoms with Crippen LogP contribution in [0.3, 0.4) is 0 Å². The Bertz CT molecular complexity index is 396. The molecule has 0 aromatic carbocycles. The summed E-state index contributed by atoms with van der Waals surface area (Å²) in [5, 5.41) is 0.695. The molecule has 2 aromatic heterocycles. The summed E-state index contributed by atoms with van der Waals surface area (Å²) in [7, 11) is 0. The zero-order chi connectivity index (χ0) is 7.84. The van der Waals surface area contributed by atoms with Gasteiger partial charge in [-0.05, 0) is 22.0 Å². The first kappa shape index (κ1) is 7.13. The van der Waals surface area contributed by atoms with Crippen LogP contribution in [0.25, 0.3) is 11.0 Å². The second-order valence-electron chi connectivity index (χ2n) is 2.15. The monoisotopic (exact) mass is 230 g/mol. The van der Waals surface area contributed by atoms with Crippen LogP contribution in [0.1, 0.15) is 0 Å². The van der Waals surface area contributed by atoms with Gasteiger partial charge in [-0.25, -0.2) is 0 Å². The van der Waals surface area contributed by atoms with E-state index >= 15 is 0 Å². The van der Waals surface area contributed by atoms with E-state index in [-0.39, 0.29) is 0 Å². The number of aromatic nitrogens is 2. The third-order valence-corrected chi connectivity index (χ3v) is 2.39. The number of nitrogens with one attached hydrogen (secondary N) is 1. The molecule has 0 spiro atoms. The maximum absolute atomic E-state index is 5.88. The molecule has 2 rings (SSSR count). The van der Waals surface area contributed by atoms with E-state index in [1.54, 1.807) is 12.3 Å². The number of aromatic amines is 1. The van der Waals surface area contributed by atoms with Crippen LogP contribution in [0.4, 0.5) is 0 Å². The quantitative estimate of drug-likeness (QED) is 0.742. The molecule has 0 aliphatic rings. The highest BCUT2D eigenvalue weighted by atomic mass is 79.9. The number of halogens is 2. The Labute approximate surface area is 76.7 Å². The first-order valence-electron chi connectivity index (χ1n) is 3.06. The molecule has 2 heterocycles. The molecule has 56 valence electrons. The Kier molecular flexibility index (Phi) is 1.62. The lowest BCUT2D eigenvalue weighted by molar-refractivity contribution is 1.41. The van der Waals surface area contributed by atoms with Gasteiger partial charge in [0.05, 0.1) is 15.0 Å². The van der Waals surface area contributed by atoms with Crippen molar-refractivity contribution in [2.75, 3.05) is 0 Å². The zero-order valence-electron chi connectivity index (χ0n) is 5.44. The number of rotatable bonds is 0. The third kappa shape index (κ3) is 1.04. The number of hydrogen-bond donors (Lipinski definition) is 1. The average Bonchev–Trinajstić information content (AvgIpc) is 2.35. The molecule has 0 aliphatic carbocycles. The highest BCUT2D eigenvalue weighted by Crippen LogP contribution is 2.25. The van der Waals surface area contributed by atoms with Gasteiger partial charge in [-0.1, -0.05) is 11.6 Å². The number of nitrogens with zero attached hydrogens (tertiary/aromatic N) is 1. The molecule has 0 unspecified atom stereocenters. The molecule has 4 heteroatoms. The van der Waals surface area contributed by atoms with Crippen LogP contribution in [0.2, 0.25) is 5.02 Å². The number of hydrogen-bond acceptors (Lipinski definition) is 1. The highest BCUT2D eigenvalue weighted by Gasteiger charge is 2.03. The predicted octanol–water partition coefficient (Wildman–Crippen LogP) is 2.98. The van der Waals surface area contributed by atoms with Gasteiger partial charge in [0.2, 0.25) is 0 Å². The first-order chi connectivity index (χ1) is 5.29. The Hall–Kier alpha value is -0.540. The van der Waals surface area contributed by atoms with E-state index < -0.39 is 0 Å². The lowest BCUT2D eigenvalue weighted by atomic mass is 10.4. The minimum absolute atomic E-state index is 0.695. The summed E-state index contributed by atoms with van der Waals surface area (Å²) in [5.41, 5.74) is 1.75. The minimum atomic E-state index is 0.695. The summed E-state index contributed by atoms with van der Waals surface area (Å²) < 4.78 is 0.940. The topological polar surface area (TPSA) is 28.7 Å². The summed E-state index contributed by atoms with van der Waals surface area (Å²) >= 11 is 9.23. The van der Waals surface area contributed by atoms with E-state index in [1.165, 1.54) is 0 Å². The van der Waals surface area contributed by atoms with Gasteiger partial charge < -0.3 is 4.98 Å². The fraction of sp³-hybridized carbons (Fsp3) is 0. The maximum atomic E-state index is 5.88. The van der Waals surface area contributed by atoms with Gasteiger partial charge in [0.1, 0.15) is 5.52 Å². The van der Waals surface area contributed by atoms with Gasteiger partial charge in [-0.15, -0.1) is 0 Å². The second-order valence-corrected chi connectivity index (χ2v) is 3.41. The molecule has 0 amide bonds. The molecule has 11 heavy (non-hydrogen) atoms. The van der Waals surface area contributed by atoms with Crippen LogP contribution < -0.4 is 0 Å². The van der Waals surface area contributed by atoms with Gasteiger partial charge in [0.25, 0.3) is 0 Å². The molecule has 0 atom stereocenters. The lowest BCUT2D eigenvalue weighted by Crippen LogP contribution is -1.74. The molecule has 0 saturated carbocycles. The van der Waals surface area contributed by atoms with Gasteiger partial charge in [-0.2, -0.15) is 0 Å².